The number of hydrogen-bond donors (Lipinski definition) is 2. The molecule has 0 aromatic heterocycles. The largest absolute Gasteiger partial charge is 0.350 e. The van der Waals surface area contributed by atoms with E-state index >= 15 is 0 Å². The van der Waals surface area contributed by atoms with E-state index in [-0.39, 0.29) is 35.5 Å². The molecule has 0 aliphatic heterocycles. The van der Waals surface area contributed by atoms with Crippen molar-refractivity contribution in [2.75, 3.05) is 0 Å². The van der Waals surface area contributed by atoms with Crippen LogP contribution in [0.15, 0.2) is 47.4 Å². The number of nitrogens with one attached hydrogen (secondary N) is 1. The summed E-state index contributed by atoms with van der Waals surface area (Å²) in [5.74, 6) is -0.298. The summed E-state index contributed by atoms with van der Waals surface area (Å²) < 4.78 is 22.6. The van der Waals surface area contributed by atoms with E-state index < -0.39 is 10.0 Å². The van der Waals surface area contributed by atoms with Gasteiger partial charge >= 0.3 is 0 Å². The average Bonchev–Trinajstić information content (AvgIpc) is 2.61. The van der Waals surface area contributed by atoms with Crippen LogP contribution in [0.4, 0.5) is 0 Å². The first-order valence-electron chi connectivity index (χ1n) is 8.60. The van der Waals surface area contributed by atoms with Crippen molar-refractivity contribution in [2.45, 2.75) is 44.6 Å². The number of rotatable bonds is 7. The molecule has 0 aliphatic rings. The second-order valence-electron chi connectivity index (χ2n) is 6.64. The zero-order chi connectivity index (χ0) is 20.2. The number of carbonyl (C=O) groups is 2. The lowest BCUT2D eigenvalue weighted by molar-refractivity contribution is -0.121. The van der Waals surface area contributed by atoms with Gasteiger partial charge in [0.05, 0.1) is 10.9 Å². The molecule has 2 aromatic carbocycles. The highest BCUT2D eigenvalue weighted by atomic mass is 32.2. The quantitative estimate of drug-likeness (QED) is 0.711. The van der Waals surface area contributed by atoms with Crippen molar-refractivity contribution in [3.05, 3.63) is 64.7 Å². The van der Waals surface area contributed by atoms with Crippen molar-refractivity contribution in [2.24, 2.45) is 5.14 Å². The summed E-state index contributed by atoms with van der Waals surface area (Å²) in [6.45, 7) is 5.59. The van der Waals surface area contributed by atoms with Crippen molar-refractivity contribution in [1.29, 1.82) is 0 Å². The third kappa shape index (κ3) is 5.74. The summed E-state index contributed by atoms with van der Waals surface area (Å²) in [6, 6.07) is 11.4. The van der Waals surface area contributed by atoms with Crippen molar-refractivity contribution in [1.82, 2.24) is 5.32 Å². The van der Waals surface area contributed by atoms with E-state index in [1.165, 1.54) is 12.1 Å². The Morgan fingerprint density at radius 2 is 1.67 bits per heavy atom. The molecule has 0 saturated carbocycles. The van der Waals surface area contributed by atoms with Crippen LogP contribution in [0.3, 0.4) is 0 Å². The highest BCUT2D eigenvalue weighted by Crippen LogP contribution is 2.17. The van der Waals surface area contributed by atoms with Gasteiger partial charge in [0, 0.05) is 18.4 Å². The normalized spacial score (nSPS) is 12.4. The van der Waals surface area contributed by atoms with Gasteiger partial charge in [0.2, 0.25) is 15.9 Å². The van der Waals surface area contributed by atoms with Crippen molar-refractivity contribution >= 4 is 21.7 Å². The summed E-state index contributed by atoms with van der Waals surface area (Å²) in [5.41, 5.74) is 3.30. The second kappa shape index (κ2) is 8.45. The Bertz CT molecular complexity index is 950. The Hall–Kier alpha value is -2.51. The summed E-state index contributed by atoms with van der Waals surface area (Å²) in [6.07, 6.45) is 0.221. The SMILES string of the molecule is Cc1ccc(C)c(C(=O)CCC(=O)NC(C)c2ccc(S(N)(=O)=O)cc2)c1. The van der Waals surface area contributed by atoms with E-state index in [9.17, 15) is 18.0 Å². The van der Waals surface area contributed by atoms with Gasteiger partial charge in [0.1, 0.15) is 0 Å². The van der Waals surface area contributed by atoms with E-state index in [2.05, 4.69) is 5.32 Å². The van der Waals surface area contributed by atoms with Crippen LogP contribution in [0, 0.1) is 13.8 Å². The van der Waals surface area contributed by atoms with Crippen LogP contribution in [0.1, 0.15) is 52.9 Å². The fraction of sp³-hybridized carbons (Fsp3) is 0.300. The van der Waals surface area contributed by atoms with Crippen LogP contribution >= 0.6 is 0 Å². The van der Waals surface area contributed by atoms with Gasteiger partial charge in [-0.25, -0.2) is 13.6 Å². The van der Waals surface area contributed by atoms with Gasteiger partial charge in [-0.3, -0.25) is 9.59 Å². The van der Waals surface area contributed by atoms with Gasteiger partial charge in [-0.2, -0.15) is 0 Å². The highest BCUT2D eigenvalue weighted by Gasteiger charge is 2.15. The number of amides is 1. The molecule has 6 nitrogen and oxygen atoms in total. The predicted molar refractivity (Wildman–Crippen MR) is 104 cm³/mol. The minimum Gasteiger partial charge on any atom is -0.350 e. The molecular weight excluding hydrogens is 364 g/mol. The first-order valence-corrected chi connectivity index (χ1v) is 10.1. The molecule has 3 N–H and O–H groups in total. The fourth-order valence-corrected chi connectivity index (χ4v) is 3.26. The maximum atomic E-state index is 12.4. The first kappa shape index (κ1) is 20.8. The molecule has 2 aromatic rings. The lowest BCUT2D eigenvalue weighted by Crippen LogP contribution is -2.27. The molecular formula is C20H24N2O4S. The van der Waals surface area contributed by atoms with E-state index in [1.807, 2.05) is 32.0 Å². The van der Waals surface area contributed by atoms with Crippen LogP contribution in [0.2, 0.25) is 0 Å². The number of nitrogens with two attached hydrogens (primary N) is 1. The van der Waals surface area contributed by atoms with Gasteiger partial charge in [-0.05, 0) is 50.1 Å². The molecule has 0 saturated heterocycles. The smallest absolute Gasteiger partial charge is 0.238 e. The maximum absolute atomic E-state index is 12.4. The molecule has 0 radical (unpaired) electrons. The predicted octanol–water partition coefficient (Wildman–Crippen LogP) is 2.79. The Morgan fingerprint density at radius 3 is 2.26 bits per heavy atom. The molecule has 1 atom stereocenters. The zero-order valence-electron chi connectivity index (χ0n) is 15.7. The van der Waals surface area contributed by atoms with Crippen LogP contribution < -0.4 is 10.5 Å². The van der Waals surface area contributed by atoms with Crippen molar-refractivity contribution in [3.63, 3.8) is 0 Å². The fourth-order valence-electron chi connectivity index (χ4n) is 2.74. The minimum atomic E-state index is -3.74. The molecule has 1 unspecified atom stereocenters. The Labute approximate surface area is 159 Å². The van der Waals surface area contributed by atoms with Crippen LogP contribution in [0.25, 0.3) is 0 Å². The zero-order valence-corrected chi connectivity index (χ0v) is 16.5. The molecule has 0 heterocycles. The number of ketones is 1. The summed E-state index contributed by atoms with van der Waals surface area (Å²) in [4.78, 5) is 24.5. The third-order valence-electron chi connectivity index (χ3n) is 4.36. The highest BCUT2D eigenvalue weighted by molar-refractivity contribution is 7.89. The van der Waals surface area contributed by atoms with E-state index in [4.69, 9.17) is 5.14 Å². The van der Waals surface area contributed by atoms with Gasteiger partial charge in [-0.1, -0.05) is 29.8 Å². The Kier molecular flexibility index (Phi) is 6.51. The van der Waals surface area contributed by atoms with E-state index in [0.29, 0.717) is 5.56 Å². The molecule has 7 heteroatoms. The maximum Gasteiger partial charge on any atom is 0.238 e. The van der Waals surface area contributed by atoms with Gasteiger partial charge < -0.3 is 5.32 Å². The monoisotopic (exact) mass is 388 g/mol. The average molecular weight is 388 g/mol. The number of carbonyl (C=O) groups excluding carboxylic acids is 2. The third-order valence-corrected chi connectivity index (χ3v) is 5.29. The van der Waals surface area contributed by atoms with Crippen molar-refractivity contribution < 1.29 is 18.0 Å². The van der Waals surface area contributed by atoms with Crippen LogP contribution in [0.5, 0.6) is 0 Å². The second-order valence-corrected chi connectivity index (χ2v) is 8.21. The van der Waals surface area contributed by atoms with Gasteiger partial charge in [-0.15, -0.1) is 0 Å². The van der Waals surface area contributed by atoms with Crippen molar-refractivity contribution in [3.8, 4) is 0 Å². The number of primary sulfonamides is 1. The van der Waals surface area contributed by atoms with E-state index in [1.54, 1.807) is 19.1 Å². The number of hydrogen-bond acceptors (Lipinski definition) is 4. The Balaban J connectivity index is 1.93. The lowest BCUT2D eigenvalue weighted by atomic mass is 9.99. The van der Waals surface area contributed by atoms with Gasteiger partial charge in [0.25, 0.3) is 0 Å². The molecule has 0 bridgehead atoms. The van der Waals surface area contributed by atoms with Crippen LogP contribution in [-0.4, -0.2) is 20.1 Å². The standard InChI is InChI=1S/C20H24N2O4S/c1-13-4-5-14(2)18(12-13)19(23)10-11-20(24)22-15(3)16-6-8-17(9-7-16)27(21,25)26/h4-9,12,15H,10-11H2,1-3H3,(H,22,24)(H2,21,25,26). The molecule has 1 amide bonds. The molecule has 0 spiro atoms. The molecule has 0 fully saturated rings. The van der Waals surface area contributed by atoms with Crippen LogP contribution in [-0.2, 0) is 14.8 Å². The number of sulfonamides is 1. The number of benzene rings is 2. The first-order chi connectivity index (χ1) is 12.6. The topological polar surface area (TPSA) is 106 Å². The summed E-state index contributed by atoms with van der Waals surface area (Å²) >= 11 is 0. The lowest BCUT2D eigenvalue weighted by Gasteiger charge is -2.15. The summed E-state index contributed by atoms with van der Waals surface area (Å²) in [5, 5.41) is 7.89. The van der Waals surface area contributed by atoms with Gasteiger partial charge in [0.15, 0.2) is 5.78 Å². The minimum absolute atomic E-state index is 0.0175. The van der Waals surface area contributed by atoms with E-state index in [0.717, 1.165) is 16.7 Å². The molecule has 0 aliphatic carbocycles. The molecule has 27 heavy (non-hydrogen) atoms. The Morgan fingerprint density at radius 1 is 1.04 bits per heavy atom. The number of Topliss-reactive ketones (excluding diaryl/α,β-unsaturated/α-hetero) is 1. The molecule has 2 rings (SSSR count). The summed E-state index contributed by atoms with van der Waals surface area (Å²) in [7, 11) is -3.74. The number of aryl methyl sites for hydroxylation is 2. The molecule has 144 valence electrons.